The van der Waals surface area contributed by atoms with Gasteiger partial charge in [0.1, 0.15) is 23.2 Å². The number of hydrogen-bond acceptors (Lipinski definition) is 7. The lowest BCUT2D eigenvalue weighted by Crippen LogP contribution is -2.14. The quantitative estimate of drug-likeness (QED) is 0.238. The van der Waals surface area contributed by atoms with Crippen molar-refractivity contribution in [1.29, 1.82) is 5.26 Å². The van der Waals surface area contributed by atoms with Crippen LogP contribution in [0.15, 0.2) is 69.5 Å². The molecule has 3 aromatic rings. The van der Waals surface area contributed by atoms with Gasteiger partial charge in [-0.2, -0.15) is 5.26 Å². The molecule has 0 fully saturated rings. The minimum Gasteiger partial charge on any atom is -0.457 e. The van der Waals surface area contributed by atoms with Gasteiger partial charge >= 0.3 is 0 Å². The third-order valence-electron chi connectivity index (χ3n) is 4.15. The van der Waals surface area contributed by atoms with E-state index in [4.69, 9.17) is 21.2 Å². The number of carbonyl (C=O) groups excluding carboxylic acids is 1. The first-order chi connectivity index (χ1) is 15.1. The minimum atomic E-state index is -3.88. The lowest BCUT2D eigenvalue weighted by molar-refractivity contribution is -0.384. The van der Waals surface area contributed by atoms with Gasteiger partial charge in [-0.25, -0.2) is 13.6 Å². The summed E-state index contributed by atoms with van der Waals surface area (Å²) in [6, 6.07) is 13.6. The van der Waals surface area contributed by atoms with Gasteiger partial charge in [0.05, 0.1) is 14.8 Å². The number of nitrogens with one attached hydrogen (secondary N) is 1. The third-order valence-corrected chi connectivity index (χ3v) is 5.40. The minimum absolute atomic E-state index is 0.130. The summed E-state index contributed by atoms with van der Waals surface area (Å²) in [7, 11) is -3.88. The van der Waals surface area contributed by atoms with E-state index in [-0.39, 0.29) is 43.9 Å². The zero-order valence-corrected chi connectivity index (χ0v) is 17.6. The molecule has 3 rings (SSSR count). The molecule has 2 aromatic carbocycles. The number of non-ortho nitro benzene ring substituents is 1. The Balaban J connectivity index is 1.82. The van der Waals surface area contributed by atoms with Crippen LogP contribution >= 0.6 is 11.6 Å². The topological polar surface area (TPSA) is 169 Å². The molecule has 0 spiro atoms. The zero-order valence-electron chi connectivity index (χ0n) is 16.0. The van der Waals surface area contributed by atoms with Gasteiger partial charge in [-0.3, -0.25) is 14.9 Å². The van der Waals surface area contributed by atoms with Gasteiger partial charge in [-0.05, 0) is 42.5 Å². The molecule has 10 nitrogen and oxygen atoms in total. The highest BCUT2D eigenvalue weighted by Crippen LogP contribution is 2.33. The third kappa shape index (κ3) is 5.19. The van der Waals surface area contributed by atoms with Crippen molar-refractivity contribution in [2.24, 2.45) is 5.14 Å². The molecule has 0 aliphatic rings. The number of nitro benzene ring substituents is 1. The Kier molecular flexibility index (Phi) is 6.40. The summed E-state index contributed by atoms with van der Waals surface area (Å²) in [5.41, 5.74) is 0.0421. The van der Waals surface area contributed by atoms with Crippen LogP contribution in [0, 0.1) is 21.4 Å². The SMILES string of the molecule is N#CC(=Cc1ccc(-c2cc([N+](=O)[O-])ccc2Cl)o1)C(=O)Nc1ccc(S(N)(=O)=O)cc1. The molecule has 32 heavy (non-hydrogen) atoms. The molecule has 3 N–H and O–H groups in total. The number of nitriles is 1. The summed E-state index contributed by atoms with van der Waals surface area (Å²) < 4.78 is 28.2. The predicted molar refractivity (Wildman–Crippen MR) is 116 cm³/mol. The van der Waals surface area contributed by atoms with Crippen LogP contribution < -0.4 is 10.5 Å². The van der Waals surface area contributed by atoms with Gasteiger partial charge < -0.3 is 9.73 Å². The number of primary sulfonamides is 1. The van der Waals surface area contributed by atoms with Crippen molar-refractivity contribution in [3.63, 3.8) is 0 Å². The fourth-order valence-electron chi connectivity index (χ4n) is 2.61. The molecule has 0 saturated heterocycles. The Bertz CT molecular complexity index is 1390. The van der Waals surface area contributed by atoms with Crippen LogP contribution in [0.4, 0.5) is 11.4 Å². The van der Waals surface area contributed by atoms with Crippen LogP contribution in [0.25, 0.3) is 17.4 Å². The van der Waals surface area contributed by atoms with Crippen molar-refractivity contribution in [3.05, 3.63) is 81.1 Å². The highest BCUT2D eigenvalue weighted by molar-refractivity contribution is 7.89. The molecular weight excluding hydrogens is 460 g/mol. The van der Waals surface area contributed by atoms with Crippen molar-refractivity contribution in [3.8, 4) is 17.4 Å². The first-order valence-corrected chi connectivity index (χ1v) is 10.6. The zero-order chi connectivity index (χ0) is 23.5. The van der Waals surface area contributed by atoms with Crippen molar-refractivity contribution < 1.29 is 22.6 Å². The maximum Gasteiger partial charge on any atom is 0.270 e. The first-order valence-electron chi connectivity index (χ1n) is 8.68. The fraction of sp³-hybridized carbons (Fsp3) is 0. The molecule has 0 aliphatic heterocycles. The van der Waals surface area contributed by atoms with Gasteiger partial charge in [0.25, 0.3) is 11.6 Å². The molecule has 0 aliphatic carbocycles. The van der Waals surface area contributed by atoms with Gasteiger partial charge in [0, 0.05) is 29.5 Å². The van der Waals surface area contributed by atoms with E-state index >= 15 is 0 Å². The Morgan fingerprint density at radius 1 is 1.19 bits per heavy atom. The molecule has 162 valence electrons. The van der Waals surface area contributed by atoms with Gasteiger partial charge in [0.2, 0.25) is 10.0 Å². The van der Waals surface area contributed by atoms with Crippen molar-refractivity contribution in [1.82, 2.24) is 0 Å². The van der Waals surface area contributed by atoms with Gasteiger partial charge in [0.15, 0.2) is 0 Å². The molecule has 12 heteroatoms. The Hall–Kier alpha value is -3.98. The largest absolute Gasteiger partial charge is 0.457 e. The molecule has 0 saturated carbocycles. The van der Waals surface area contributed by atoms with Gasteiger partial charge in [-0.1, -0.05) is 11.6 Å². The summed E-state index contributed by atoms with van der Waals surface area (Å²) >= 11 is 6.10. The molecule has 0 unspecified atom stereocenters. The number of nitrogens with zero attached hydrogens (tertiary/aromatic N) is 2. The van der Waals surface area contributed by atoms with E-state index < -0.39 is 20.9 Å². The monoisotopic (exact) mass is 472 g/mol. The van der Waals surface area contributed by atoms with Crippen molar-refractivity contribution in [2.75, 3.05) is 5.32 Å². The number of furan rings is 1. The molecule has 1 aromatic heterocycles. The smallest absolute Gasteiger partial charge is 0.270 e. The first kappa shape index (κ1) is 22.7. The fourth-order valence-corrected chi connectivity index (χ4v) is 3.33. The average molecular weight is 473 g/mol. The van der Waals surface area contributed by atoms with E-state index in [0.29, 0.717) is 0 Å². The lowest BCUT2D eigenvalue weighted by atomic mass is 10.1. The standard InChI is InChI=1S/C20H13ClN4O6S/c21-18-7-3-14(25(27)28)10-17(18)19-8-4-15(31-19)9-12(11-22)20(26)24-13-1-5-16(6-2-13)32(23,29)30/h1-10H,(H,24,26)(H2,23,29,30). The van der Waals surface area contributed by atoms with Crippen LogP contribution in [0.5, 0.6) is 0 Å². The highest BCUT2D eigenvalue weighted by Gasteiger charge is 2.16. The van der Waals surface area contributed by atoms with E-state index in [1.54, 1.807) is 6.07 Å². The molecule has 1 amide bonds. The summed E-state index contributed by atoms with van der Waals surface area (Å²) in [5, 5.41) is 28.0. The van der Waals surface area contributed by atoms with E-state index in [9.17, 15) is 28.6 Å². The second-order valence-electron chi connectivity index (χ2n) is 6.32. The summed E-state index contributed by atoms with van der Waals surface area (Å²) in [6.45, 7) is 0. The second kappa shape index (κ2) is 9.03. The van der Waals surface area contributed by atoms with E-state index in [1.807, 2.05) is 0 Å². The van der Waals surface area contributed by atoms with E-state index in [1.165, 1.54) is 60.7 Å². The van der Waals surface area contributed by atoms with Gasteiger partial charge in [-0.15, -0.1) is 0 Å². The summed E-state index contributed by atoms with van der Waals surface area (Å²) in [5.74, 6) is -0.415. The summed E-state index contributed by atoms with van der Waals surface area (Å²) in [4.78, 5) is 22.7. The Labute approximate surface area is 186 Å². The Morgan fingerprint density at radius 3 is 2.47 bits per heavy atom. The number of amides is 1. The molecule has 0 bridgehead atoms. The number of sulfonamides is 1. The molecule has 1 heterocycles. The number of halogens is 1. The number of nitrogens with two attached hydrogens (primary N) is 1. The Morgan fingerprint density at radius 2 is 1.88 bits per heavy atom. The number of rotatable bonds is 6. The van der Waals surface area contributed by atoms with Crippen molar-refractivity contribution >= 4 is 45.0 Å². The number of hydrogen-bond donors (Lipinski definition) is 2. The maximum absolute atomic E-state index is 12.4. The van der Waals surface area contributed by atoms with Crippen molar-refractivity contribution in [2.45, 2.75) is 4.90 Å². The number of carbonyl (C=O) groups is 1. The van der Waals surface area contributed by atoms with Crippen LogP contribution in [-0.2, 0) is 14.8 Å². The van der Waals surface area contributed by atoms with Crippen LogP contribution in [-0.4, -0.2) is 19.2 Å². The van der Waals surface area contributed by atoms with E-state index in [0.717, 1.165) is 0 Å². The number of benzene rings is 2. The van der Waals surface area contributed by atoms with Crippen LogP contribution in [0.2, 0.25) is 5.02 Å². The average Bonchev–Trinajstić information content (AvgIpc) is 3.20. The second-order valence-corrected chi connectivity index (χ2v) is 8.29. The molecule has 0 atom stereocenters. The highest BCUT2D eigenvalue weighted by atomic mass is 35.5. The van der Waals surface area contributed by atoms with Crippen LogP contribution in [0.1, 0.15) is 5.76 Å². The summed E-state index contributed by atoms with van der Waals surface area (Å²) in [6.07, 6.45) is 1.18. The molecular formula is C20H13ClN4O6S. The predicted octanol–water partition coefficient (Wildman–Crippen LogP) is 3.70. The van der Waals surface area contributed by atoms with E-state index in [2.05, 4.69) is 5.32 Å². The number of nitro groups is 1. The molecule has 0 radical (unpaired) electrons. The normalized spacial score (nSPS) is 11.6. The maximum atomic E-state index is 12.4. The van der Waals surface area contributed by atoms with Crippen LogP contribution in [0.3, 0.4) is 0 Å². The lowest BCUT2D eigenvalue weighted by Gasteiger charge is -2.05. The number of anilines is 1.